The maximum atomic E-state index is 13.0. The molecule has 1 aromatic heterocycles. The number of carbonyl (C=O) groups excluding carboxylic acids is 2. The number of hydrogen-bond acceptors (Lipinski definition) is 3. The van der Waals surface area contributed by atoms with Crippen molar-refractivity contribution >= 4 is 11.7 Å². The quantitative estimate of drug-likeness (QED) is 0.612. The number of carbonyl (C=O) groups is 2. The van der Waals surface area contributed by atoms with E-state index in [2.05, 4.69) is 21.6 Å². The van der Waals surface area contributed by atoms with Crippen LogP contribution in [0, 0.1) is 13.8 Å². The largest absolute Gasteiger partial charge is 0.336 e. The zero-order valence-corrected chi connectivity index (χ0v) is 17.5. The van der Waals surface area contributed by atoms with Gasteiger partial charge < -0.3 is 9.47 Å². The van der Waals surface area contributed by atoms with Crippen LogP contribution in [0.25, 0.3) is 5.69 Å². The van der Waals surface area contributed by atoms with Gasteiger partial charge in [0.1, 0.15) is 0 Å². The Balaban J connectivity index is 1.39. The highest BCUT2D eigenvalue weighted by Crippen LogP contribution is 2.21. The molecule has 154 valence electrons. The molecular weight excluding hydrogens is 374 g/mol. The van der Waals surface area contributed by atoms with Gasteiger partial charge in [0.15, 0.2) is 5.78 Å². The predicted octanol–water partition coefficient (Wildman–Crippen LogP) is 3.73. The van der Waals surface area contributed by atoms with Crippen LogP contribution in [0.1, 0.15) is 32.1 Å². The van der Waals surface area contributed by atoms with Gasteiger partial charge in [-0.25, -0.2) is 0 Å². The molecule has 0 spiro atoms. The molecule has 0 N–H and O–H groups in total. The monoisotopic (exact) mass is 401 g/mol. The maximum absolute atomic E-state index is 13.0. The average Bonchev–Trinajstić information content (AvgIpc) is 3.09. The number of benzene rings is 2. The van der Waals surface area contributed by atoms with Crippen molar-refractivity contribution in [1.29, 1.82) is 0 Å². The van der Waals surface area contributed by atoms with Crippen molar-refractivity contribution in [3.05, 3.63) is 89.2 Å². The number of aryl methyl sites for hydroxylation is 1. The first-order valence-corrected chi connectivity index (χ1v) is 10.4. The molecule has 30 heavy (non-hydrogen) atoms. The summed E-state index contributed by atoms with van der Waals surface area (Å²) >= 11 is 0. The van der Waals surface area contributed by atoms with Crippen LogP contribution in [0.5, 0.6) is 0 Å². The summed E-state index contributed by atoms with van der Waals surface area (Å²) in [5, 5.41) is 0. The van der Waals surface area contributed by atoms with Gasteiger partial charge in [0.25, 0.3) is 5.91 Å². The van der Waals surface area contributed by atoms with Crippen LogP contribution in [0.3, 0.4) is 0 Å². The highest BCUT2D eigenvalue weighted by Gasteiger charge is 2.25. The van der Waals surface area contributed by atoms with Gasteiger partial charge in [0, 0.05) is 54.4 Å². The number of piperazine rings is 1. The summed E-state index contributed by atoms with van der Waals surface area (Å²) in [4.78, 5) is 29.7. The van der Waals surface area contributed by atoms with Gasteiger partial charge in [0.2, 0.25) is 0 Å². The second-order valence-corrected chi connectivity index (χ2v) is 7.81. The molecule has 3 aromatic rings. The summed E-state index contributed by atoms with van der Waals surface area (Å²) < 4.78 is 2.13. The average molecular weight is 402 g/mol. The number of hydrogen-bond donors (Lipinski definition) is 0. The van der Waals surface area contributed by atoms with E-state index in [1.165, 1.54) is 0 Å². The Morgan fingerprint density at radius 3 is 2.07 bits per heavy atom. The van der Waals surface area contributed by atoms with E-state index in [1.54, 1.807) is 0 Å². The Hall–Kier alpha value is -3.18. The van der Waals surface area contributed by atoms with Crippen LogP contribution in [0.4, 0.5) is 0 Å². The number of nitrogens with zero attached hydrogens (tertiary/aromatic N) is 3. The maximum Gasteiger partial charge on any atom is 0.253 e. The molecule has 2 aromatic carbocycles. The molecule has 0 unspecified atom stereocenters. The minimum atomic E-state index is 0.0629. The van der Waals surface area contributed by atoms with Crippen molar-refractivity contribution in [3.63, 3.8) is 0 Å². The number of para-hydroxylation sites is 1. The molecule has 1 fully saturated rings. The molecule has 1 aliphatic heterocycles. The minimum absolute atomic E-state index is 0.0629. The van der Waals surface area contributed by atoms with E-state index >= 15 is 0 Å². The van der Waals surface area contributed by atoms with Crippen molar-refractivity contribution in [2.45, 2.75) is 13.8 Å². The highest BCUT2D eigenvalue weighted by atomic mass is 16.2. The summed E-state index contributed by atoms with van der Waals surface area (Å²) in [6.07, 6.45) is 0. The summed E-state index contributed by atoms with van der Waals surface area (Å²) in [5.74, 6) is 0.195. The van der Waals surface area contributed by atoms with E-state index in [4.69, 9.17) is 0 Å². The van der Waals surface area contributed by atoms with Crippen LogP contribution in [-0.4, -0.2) is 58.8 Å². The lowest BCUT2D eigenvalue weighted by atomic mass is 10.1. The van der Waals surface area contributed by atoms with E-state index in [0.29, 0.717) is 32.7 Å². The third-order valence-electron chi connectivity index (χ3n) is 5.79. The topological polar surface area (TPSA) is 45.6 Å². The Kier molecular flexibility index (Phi) is 5.81. The van der Waals surface area contributed by atoms with Gasteiger partial charge in [-0.2, -0.15) is 0 Å². The van der Waals surface area contributed by atoms with Gasteiger partial charge >= 0.3 is 0 Å². The molecule has 0 radical (unpaired) electrons. The van der Waals surface area contributed by atoms with E-state index in [-0.39, 0.29) is 11.7 Å². The molecule has 0 bridgehead atoms. The summed E-state index contributed by atoms with van der Waals surface area (Å²) in [6, 6.07) is 21.5. The lowest BCUT2D eigenvalue weighted by molar-refractivity contribution is 0.0624. The number of ketones is 1. The summed E-state index contributed by atoms with van der Waals surface area (Å²) in [6.45, 7) is 7.12. The fraction of sp³-hybridized carbons (Fsp3) is 0.280. The first-order chi connectivity index (χ1) is 14.5. The van der Waals surface area contributed by atoms with Gasteiger partial charge in [-0.15, -0.1) is 0 Å². The molecule has 1 amide bonds. The summed E-state index contributed by atoms with van der Waals surface area (Å²) in [7, 11) is 0. The van der Waals surface area contributed by atoms with E-state index in [0.717, 1.165) is 28.2 Å². The van der Waals surface area contributed by atoms with Gasteiger partial charge in [-0.1, -0.05) is 36.4 Å². The van der Waals surface area contributed by atoms with Crippen LogP contribution in [-0.2, 0) is 0 Å². The molecule has 0 aliphatic carbocycles. The van der Waals surface area contributed by atoms with Gasteiger partial charge in [-0.3, -0.25) is 14.5 Å². The van der Waals surface area contributed by atoms with E-state index in [9.17, 15) is 9.59 Å². The Morgan fingerprint density at radius 1 is 0.833 bits per heavy atom. The first-order valence-electron chi connectivity index (χ1n) is 10.4. The molecule has 0 atom stereocenters. The Morgan fingerprint density at radius 2 is 1.43 bits per heavy atom. The van der Waals surface area contributed by atoms with Crippen molar-refractivity contribution in [3.8, 4) is 5.69 Å². The van der Waals surface area contributed by atoms with E-state index < -0.39 is 0 Å². The molecular formula is C25H27N3O2. The van der Waals surface area contributed by atoms with Crippen molar-refractivity contribution < 1.29 is 9.59 Å². The molecule has 0 saturated carbocycles. The number of Topliss-reactive ketones (excluding diaryl/α,β-unsaturated/α-hetero) is 1. The fourth-order valence-corrected chi connectivity index (χ4v) is 4.18. The SMILES string of the molecule is Cc1cc(C(=O)CN2CCN(C(=O)c3ccccc3)CC2)c(C)n1-c1ccccc1. The lowest BCUT2D eigenvalue weighted by Crippen LogP contribution is -2.49. The molecule has 5 heteroatoms. The zero-order chi connectivity index (χ0) is 21.1. The second kappa shape index (κ2) is 8.67. The van der Waals surface area contributed by atoms with Crippen molar-refractivity contribution in [1.82, 2.24) is 14.4 Å². The standard InChI is InChI=1S/C25H27N3O2/c1-19-17-23(20(2)28(19)22-11-7-4-8-12-22)24(29)18-26-13-15-27(16-14-26)25(30)21-9-5-3-6-10-21/h3-12,17H,13-16,18H2,1-2H3. The smallest absolute Gasteiger partial charge is 0.253 e. The molecule has 4 rings (SSSR count). The molecule has 1 aliphatic rings. The third kappa shape index (κ3) is 4.07. The molecule has 5 nitrogen and oxygen atoms in total. The normalized spacial score (nSPS) is 14.7. The number of aromatic nitrogens is 1. The fourth-order valence-electron chi connectivity index (χ4n) is 4.18. The number of rotatable bonds is 5. The lowest BCUT2D eigenvalue weighted by Gasteiger charge is -2.34. The van der Waals surface area contributed by atoms with Crippen LogP contribution < -0.4 is 0 Å². The number of amides is 1. The van der Waals surface area contributed by atoms with Crippen LogP contribution in [0.2, 0.25) is 0 Å². The Bertz CT molecular complexity index is 1030. The van der Waals surface area contributed by atoms with Crippen molar-refractivity contribution in [2.75, 3.05) is 32.7 Å². The van der Waals surface area contributed by atoms with Crippen molar-refractivity contribution in [2.24, 2.45) is 0 Å². The predicted molar refractivity (Wildman–Crippen MR) is 118 cm³/mol. The molecule has 2 heterocycles. The van der Waals surface area contributed by atoms with E-state index in [1.807, 2.05) is 73.3 Å². The van der Waals surface area contributed by atoms with Gasteiger partial charge in [-0.05, 0) is 44.2 Å². The Labute approximate surface area is 177 Å². The van der Waals surface area contributed by atoms with Crippen LogP contribution >= 0.6 is 0 Å². The first kappa shape index (κ1) is 20.1. The highest BCUT2D eigenvalue weighted by molar-refractivity contribution is 5.99. The molecule has 1 saturated heterocycles. The second-order valence-electron chi connectivity index (χ2n) is 7.81. The minimum Gasteiger partial charge on any atom is -0.336 e. The zero-order valence-electron chi connectivity index (χ0n) is 17.5. The third-order valence-corrected chi connectivity index (χ3v) is 5.79. The van der Waals surface area contributed by atoms with Crippen LogP contribution in [0.15, 0.2) is 66.7 Å². The summed E-state index contributed by atoms with van der Waals surface area (Å²) in [5.41, 5.74) is 4.59. The van der Waals surface area contributed by atoms with Gasteiger partial charge in [0.05, 0.1) is 6.54 Å².